The largest absolute Gasteiger partial charge is 0.487 e. The fourth-order valence-corrected chi connectivity index (χ4v) is 5.72. The lowest BCUT2D eigenvalue weighted by Crippen LogP contribution is -2.54. The lowest BCUT2D eigenvalue weighted by molar-refractivity contribution is -0.122. The van der Waals surface area contributed by atoms with Gasteiger partial charge >= 0.3 is 0 Å². The van der Waals surface area contributed by atoms with E-state index < -0.39 is 11.8 Å². The Kier molecular flexibility index (Phi) is 8.67. The zero-order valence-corrected chi connectivity index (χ0v) is 24.8. The van der Waals surface area contributed by atoms with Crippen LogP contribution in [0.5, 0.6) is 5.75 Å². The molecule has 0 unspecified atom stereocenters. The molecule has 3 aromatic carbocycles. The van der Waals surface area contributed by atoms with Gasteiger partial charge in [0.25, 0.3) is 11.8 Å². The van der Waals surface area contributed by atoms with Crippen molar-refractivity contribution >= 4 is 119 Å². The fourth-order valence-electron chi connectivity index (χ4n) is 3.29. The summed E-state index contributed by atoms with van der Waals surface area (Å²) in [6.07, 6.45) is 1.45. The second kappa shape index (κ2) is 11.4. The van der Waals surface area contributed by atoms with Crippen LogP contribution in [-0.4, -0.2) is 16.9 Å². The summed E-state index contributed by atoms with van der Waals surface area (Å²) in [4.78, 5) is 27.1. The summed E-state index contributed by atoms with van der Waals surface area (Å²) in [6, 6.07) is 13.5. The molecule has 0 atom stereocenters. The van der Waals surface area contributed by atoms with Crippen LogP contribution in [-0.2, 0) is 16.2 Å². The van der Waals surface area contributed by atoms with Gasteiger partial charge in [0.1, 0.15) is 17.9 Å². The first-order valence-corrected chi connectivity index (χ1v) is 13.5. The number of thiocarbonyl (C=S) groups is 1. The molecule has 1 aliphatic heterocycles. The number of rotatable bonds is 5. The molecule has 5 nitrogen and oxygen atoms in total. The highest BCUT2D eigenvalue weighted by Crippen LogP contribution is 2.37. The molecule has 0 saturated carbocycles. The first kappa shape index (κ1) is 27.4. The van der Waals surface area contributed by atoms with Crippen LogP contribution in [0.2, 0.25) is 20.1 Å². The number of ether oxygens (including phenoxy) is 1. The standard InChI is InChI=1S/C24H12Br2Cl4N2O3S/c25-14-7-12(8-15(26)21(14)35-10-11-4-5-16(27)18(29)9-11)6-13-22(33)31-24(36)32(23(13)34)19-3-1-2-17(28)20(19)30/h1-9H,10H2,(H,31,33,36)/b13-6+. The van der Waals surface area contributed by atoms with Gasteiger partial charge in [-0.2, -0.15) is 0 Å². The molecular weight excluding hydrogens is 698 g/mol. The molecule has 1 heterocycles. The van der Waals surface area contributed by atoms with Crippen LogP contribution in [0, 0.1) is 0 Å². The van der Waals surface area contributed by atoms with E-state index >= 15 is 0 Å². The number of benzene rings is 3. The molecule has 4 rings (SSSR count). The van der Waals surface area contributed by atoms with Crippen LogP contribution in [0.4, 0.5) is 5.69 Å². The van der Waals surface area contributed by atoms with Gasteiger partial charge in [0.15, 0.2) is 5.11 Å². The van der Waals surface area contributed by atoms with Gasteiger partial charge in [-0.3, -0.25) is 19.8 Å². The van der Waals surface area contributed by atoms with Crippen molar-refractivity contribution in [1.82, 2.24) is 5.32 Å². The molecule has 184 valence electrons. The van der Waals surface area contributed by atoms with Crippen molar-refractivity contribution in [2.75, 3.05) is 4.90 Å². The van der Waals surface area contributed by atoms with E-state index in [0.29, 0.717) is 30.3 Å². The van der Waals surface area contributed by atoms with E-state index in [1.165, 1.54) is 6.08 Å². The third-order valence-electron chi connectivity index (χ3n) is 4.97. The first-order chi connectivity index (χ1) is 17.1. The molecule has 36 heavy (non-hydrogen) atoms. The van der Waals surface area contributed by atoms with Gasteiger partial charge in [0.05, 0.1) is 34.7 Å². The number of nitrogens with zero attached hydrogens (tertiary/aromatic N) is 1. The predicted octanol–water partition coefficient (Wildman–Crippen LogP) is 8.24. The van der Waals surface area contributed by atoms with Gasteiger partial charge in [0.2, 0.25) is 0 Å². The quantitative estimate of drug-likeness (QED) is 0.165. The molecule has 3 aromatic rings. The van der Waals surface area contributed by atoms with Crippen LogP contribution < -0.4 is 15.0 Å². The molecule has 1 N–H and O–H groups in total. The summed E-state index contributed by atoms with van der Waals surface area (Å²) in [6.45, 7) is 0.238. The minimum Gasteiger partial charge on any atom is -0.487 e. The second-order valence-corrected chi connectivity index (χ2v) is 11.1. The van der Waals surface area contributed by atoms with E-state index in [1.807, 2.05) is 6.07 Å². The zero-order chi connectivity index (χ0) is 26.1. The van der Waals surface area contributed by atoms with Gasteiger partial charge in [-0.1, -0.05) is 58.5 Å². The van der Waals surface area contributed by atoms with Crippen molar-refractivity contribution < 1.29 is 14.3 Å². The maximum Gasteiger partial charge on any atom is 0.270 e. The third-order valence-corrected chi connectivity index (χ3v) is 7.98. The van der Waals surface area contributed by atoms with E-state index in [4.69, 9.17) is 63.4 Å². The van der Waals surface area contributed by atoms with Crippen molar-refractivity contribution in [3.63, 3.8) is 0 Å². The second-order valence-electron chi connectivity index (χ2n) is 7.38. The Morgan fingerprint density at radius 3 is 2.31 bits per heavy atom. The number of amides is 2. The van der Waals surface area contributed by atoms with Crippen LogP contribution >= 0.6 is 90.5 Å². The van der Waals surface area contributed by atoms with Crippen LogP contribution in [0.15, 0.2) is 63.0 Å². The average molecular weight is 710 g/mol. The Hall–Kier alpha value is -1.65. The Morgan fingerprint density at radius 1 is 0.944 bits per heavy atom. The Bertz CT molecular complexity index is 1440. The lowest BCUT2D eigenvalue weighted by atomic mass is 10.1. The number of halogens is 6. The van der Waals surface area contributed by atoms with Crippen molar-refractivity contribution in [3.8, 4) is 5.75 Å². The highest BCUT2D eigenvalue weighted by Gasteiger charge is 2.35. The highest BCUT2D eigenvalue weighted by atomic mass is 79.9. The molecule has 0 bridgehead atoms. The van der Waals surface area contributed by atoms with Crippen LogP contribution in [0.1, 0.15) is 11.1 Å². The molecule has 1 saturated heterocycles. The molecule has 0 radical (unpaired) electrons. The molecule has 0 aromatic heterocycles. The van der Waals surface area contributed by atoms with Crippen LogP contribution in [0.3, 0.4) is 0 Å². The Labute approximate surface area is 248 Å². The number of hydrogen-bond acceptors (Lipinski definition) is 4. The number of hydrogen-bond donors (Lipinski definition) is 1. The predicted molar refractivity (Wildman–Crippen MR) is 155 cm³/mol. The Balaban J connectivity index is 1.62. The first-order valence-electron chi connectivity index (χ1n) is 9.98. The summed E-state index contributed by atoms with van der Waals surface area (Å²) < 4.78 is 7.12. The van der Waals surface area contributed by atoms with E-state index in [2.05, 4.69) is 37.2 Å². The average Bonchev–Trinajstić information content (AvgIpc) is 2.81. The third kappa shape index (κ3) is 5.75. The van der Waals surface area contributed by atoms with Gasteiger partial charge in [-0.15, -0.1) is 0 Å². The minimum atomic E-state index is -0.639. The SMILES string of the molecule is O=C1NC(=S)N(c2cccc(Cl)c2Cl)C(=O)/C1=C/c1cc(Br)c(OCc2ccc(Cl)c(Cl)c2)c(Br)c1. The fraction of sp³-hybridized carbons (Fsp3) is 0.0417. The summed E-state index contributed by atoms with van der Waals surface area (Å²) in [5, 5.41) is 3.70. The van der Waals surface area contributed by atoms with Crippen LogP contribution in [0.25, 0.3) is 6.08 Å². The van der Waals surface area contributed by atoms with Crippen molar-refractivity contribution in [3.05, 3.63) is 94.3 Å². The van der Waals surface area contributed by atoms with Crippen molar-refractivity contribution in [2.24, 2.45) is 0 Å². The van der Waals surface area contributed by atoms with Gasteiger partial charge in [0, 0.05) is 0 Å². The van der Waals surface area contributed by atoms with E-state index in [0.717, 1.165) is 10.5 Å². The Morgan fingerprint density at radius 2 is 1.64 bits per heavy atom. The summed E-state index contributed by atoms with van der Waals surface area (Å²) in [7, 11) is 0. The van der Waals surface area contributed by atoms with Gasteiger partial charge in [-0.25, -0.2) is 0 Å². The maximum atomic E-state index is 13.3. The van der Waals surface area contributed by atoms with Gasteiger partial charge in [-0.05, 0) is 97.7 Å². The lowest BCUT2D eigenvalue weighted by Gasteiger charge is -2.29. The smallest absolute Gasteiger partial charge is 0.270 e. The normalized spacial score (nSPS) is 14.9. The molecule has 0 aliphatic carbocycles. The molecule has 2 amide bonds. The number of carbonyl (C=O) groups excluding carboxylic acids is 2. The van der Waals surface area contributed by atoms with Crippen molar-refractivity contribution in [2.45, 2.75) is 6.61 Å². The molecule has 0 spiro atoms. The topological polar surface area (TPSA) is 58.6 Å². The number of carbonyl (C=O) groups is 2. The molecule has 1 aliphatic rings. The summed E-state index contributed by atoms with van der Waals surface area (Å²) in [5.41, 5.74) is 1.51. The van der Waals surface area contributed by atoms with E-state index in [-0.39, 0.29) is 33.0 Å². The van der Waals surface area contributed by atoms with E-state index in [1.54, 1.807) is 42.5 Å². The van der Waals surface area contributed by atoms with E-state index in [9.17, 15) is 9.59 Å². The summed E-state index contributed by atoms with van der Waals surface area (Å²) >= 11 is 36.6. The zero-order valence-electron chi connectivity index (χ0n) is 17.8. The van der Waals surface area contributed by atoms with Crippen molar-refractivity contribution in [1.29, 1.82) is 0 Å². The number of anilines is 1. The number of nitrogens with one attached hydrogen (secondary N) is 1. The molecule has 12 heteroatoms. The molecule has 1 fully saturated rings. The monoisotopic (exact) mass is 706 g/mol. The maximum absolute atomic E-state index is 13.3. The van der Waals surface area contributed by atoms with Gasteiger partial charge < -0.3 is 4.74 Å². The highest BCUT2D eigenvalue weighted by molar-refractivity contribution is 9.11. The summed E-state index contributed by atoms with van der Waals surface area (Å²) in [5.74, 6) is -0.747. The minimum absolute atomic E-state index is 0.0975. The molecular formula is C24H12Br2Cl4N2O3S.